The van der Waals surface area contributed by atoms with Gasteiger partial charge in [0.25, 0.3) is 5.56 Å². The number of nitrogens with one attached hydrogen (secondary N) is 1. The monoisotopic (exact) mass is 448 g/mol. The predicted molar refractivity (Wildman–Crippen MR) is 128 cm³/mol. The molecule has 0 saturated heterocycles. The molecule has 32 heavy (non-hydrogen) atoms. The molecule has 0 spiro atoms. The number of ether oxygens (including phenoxy) is 2. The summed E-state index contributed by atoms with van der Waals surface area (Å²) >= 11 is 1.44. The summed E-state index contributed by atoms with van der Waals surface area (Å²) in [6.07, 6.45) is 1.90. The Morgan fingerprint density at radius 2 is 1.97 bits per heavy atom. The molecule has 164 valence electrons. The van der Waals surface area contributed by atoms with Crippen LogP contribution in [0, 0.1) is 6.92 Å². The highest BCUT2D eigenvalue weighted by Crippen LogP contribution is 2.43. The number of aromatic amines is 1. The summed E-state index contributed by atoms with van der Waals surface area (Å²) in [5.74, 6) is 0.909. The summed E-state index contributed by atoms with van der Waals surface area (Å²) in [6, 6.07) is 12.3. The molecule has 2 unspecified atom stereocenters. The zero-order valence-electron chi connectivity index (χ0n) is 17.9. The minimum Gasteiger partial charge on any atom is -0.496 e. The summed E-state index contributed by atoms with van der Waals surface area (Å²) in [5.41, 5.74) is 10.1. The summed E-state index contributed by atoms with van der Waals surface area (Å²) in [6.45, 7) is 1.98. The number of thiophene rings is 1. The van der Waals surface area contributed by atoms with Crippen LogP contribution in [0.1, 0.15) is 36.3 Å². The Kier molecular flexibility index (Phi) is 5.13. The molecule has 6 nitrogen and oxygen atoms in total. The van der Waals surface area contributed by atoms with E-state index in [2.05, 4.69) is 29.2 Å². The van der Waals surface area contributed by atoms with Crippen LogP contribution >= 0.6 is 11.3 Å². The first-order chi connectivity index (χ1) is 15.5. The number of hydrogen-bond acceptors (Lipinski definition) is 5. The largest absolute Gasteiger partial charge is 0.496 e. The normalized spacial score (nSPS) is 18.3. The van der Waals surface area contributed by atoms with Crippen molar-refractivity contribution in [3.8, 4) is 16.9 Å². The van der Waals surface area contributed by atoms with E-state index in [0.717, 1.165) is 63.6 Å². The van der Waals surface area contributed by atoms with Gasteiger partial charge in [-0.2, -0.15) is 0 Å². The molecule has 2 atom stereocenters. The summed E-state index contributed by atoms with van der Waals surface area (Å²) in [5, 5.41) is 3.86. The van der Waals surface area contributed by atoms with E-state index >= 15 is 0 Å². The highest BCUT2D eigenvalue weighted by molar-refractivity contribution is 7.17. The van der Waals surface area contributed by atoms with Crippen molar-refractivity contribution in [2.75, 3.05) is 7.11 Å². The molecule has 1 aliphatic carbocycles. The average Bonchev–Trinajstić information content (AvgIpc) is 3.44. The fraction of sp³-hybridized carbons (Fsp3) is 0.280. The van der Waals surface area contributed by atoms with Gasteiger partial charge in [0.2, 0.25) is 0 Å². The number of hydrogen-bond donors (Lipinski definition) is 2. The van der Waals surface area contributed by atoms with Crippen LogP contribution in [0.3, 0.4) is 0 Å². The maximum atomic E-state index is 12.6. The van der Waals surface area contributed by atoms with Crippen LogP contribution in [0.15, 0.2) is 46.6 Å². The van der Waals surface area contributed by atoms with Crippen molar-refractivity contribution in [1.29, 1.82) is 0 Å². The number of aromatic nitrogens is 1. The summed E-state index contributed by atoms with van der Waals surface area (Å²) in [7, 11) is 1.67. The molecule has 2 heterocycles. The number of primary amides is 1. The molecule has 0 radical (unpaired) electrons. The van der Waals surface area contributed by atoms with Crippen LogP contribution in [-0.4, -0.2) is 24.3 Å². The van der Waals surface area contributed by atoms with Crippen molar-refractivity contribution in [3.63, 3.8) is 0 Å². The van der Waals surface area contributed by atoms with Crippen LogP contribution in [0.25, 0.3) is 32.1 Å². The Labute approximate surface area is 189 Å². The predicted octanol–water partition coefficient (Wildman–Crippen LogP) is 5.46. The molecule has 1 saturated carbocycles. The number of benzene rings is 2. The molecule has 0 bridgehead atoms. The molecule has 2 aromatic carbocycles. The van der Waals surface area contributed by atoms with Gasteiger partial charge in [0.05, 0.1) is 12.6 Å². The van der Waals surface area contributed by atoms with E-state index in [1.165, 1.54) is 11.3 Å². The van der Waals surface area contributed by atoms with Gasteiger partial charge in [-0.15, -0.1) is 11.3 Å². The number of fused-ring (bicyclic) bond motifs is 3. The first-order valence-corrected chi connectivity index (χ1v) is 11.5. The summed E-state index contributed by atoms with van der Waals surface area (Å²) in [4.78, 5) is 26.9. The Morgan fingerprint density at radius 3 is 2.69 bits per heavy atom. The van der Waals surface area contributed by atoms with Crippen LogP contribution in [0.2, 0.25) is 0 Å². The van der Waals surface area contributed by atoms with Crippen LogP contribution in [0.5, 0.6) is 5.75 Å². The number of pyridine rings is 1. The summed E-state index contributed by atoms with van der Waals surface area (Å²) < 4.78 is 11.8. The van der Waals surface area contributed by atoms with E-state index in [0.29, 0.717) is 4.70 Å². The van der Waals surface area contributed by atoms with E-state index in [9.17, 15) is 9.59 Å². The van der Waals surface area contributed by atoms with Gasteiger partial charge < -0.3 is 20.2 Å². The third kappa shape index (κ3) is 3.33. The highest BCUT2D eigenvalue weighted by Gasteiger charge is 2.31. The Bertz CT molecular complexity index is 1390. The molecular weight excluding hydrogens is 424 g/mol. The smallest absolute Gasteiger partial charge is 0.404 e. The van der Waals surface area contributed by atoms with Crippen LogP contribution < -0.4 is 16.0 Å². The van der Waals surface area contributed by atoms with Crippen molar-refractivity contribution >= 4 is 38.4 Å². The van der Waals surface area contributed by atoms with Gasteiger partial charge >= 0.3 is 6.09 Å². The lowest BCUT2D eigenvalue weighted by Crippen LogP contribution is -2.24. The Hall–Kier alpha value is -3.32. The second-order valence-electron chi connectivity index (χ2n) is 8.27. The number of carbonyl (C=O) groups is 1. The lowest BCUT2D eigenvalue weighted by molar-refractivity contribution is 0.100. The van der Waals surface area contributed by atoms with Gasteiger partial charge in [0.15, 0.2) is 0 Å². The lowest BCUT2D eigenvalue weighted by atomic mass is 9.91. The van der Waals surface area contributed by atoms with Gasteiger partial charge in [-0.3, -0.25) is 4.79 Å². The van der Waals surface area contributed by atoms with E-state index in [4.69, 9.17) is 15.2 Å². The molecule has 7 heteroatoms. The fourth-order valence-electron chi connectivity index (χ4n) is 5.01. The Balaban J connectivity index is 1.66. The number of amides is 1. The number of carbonyl (C=O) groups excluding carboxylic acids is 1. The number of aryl methyl sites for hydroxylation is 1. The quantitative estimate of drug-likeness (QED) is 0.433. The second kappa shape index (κ2) is 7.98. The second-order valence-corrected chi connectivity index (χ2v) is 9.19. The first kappa shape index (κ1) is 20.6. The average molecular weight is 449 g/mol. The van der Waals surface area contributed by atoms with Gasteiger partial charge in [-0.25, -0.2) is 4.79 Å². The van der Waals surface area contributed by atoms with Gasteiger partial charge in [-0.1, -0.05) is 24.3 Å². The van der Waals surface area contributed by atoms with Crippen LogP contribution in [0.4, 0.5) is 4.79 Å². The molecule has 1 aliphatic rings. The van der Waals surface area contributed by atoms with E-state index < -0.39 is 6.09 Å². The number of rotatable bonds is 4. The highest BCUT2D eigenvalue weighted by atomic mass is 32.1. The van der Waals surface area contributed by atoms with Crippen LogP contribution in [-0.2, 0) is 4.74 Å². The zero-order chi connectivity index (χ0) is 22.4. The third-order valence-electron chi connectivity index (χ3n) is 6.44. The maximum absolute atomic E-state index is 12.6. The van der Waals surface area contributed by atoms with Gasteiger partial charge in [0, 0.05) is 22.3 Å². The minimum absolute atomic E-state index is 0.0706. The molecule has 2 aromatic heterocycles. The first-order valence-electron chi connectivity index (χ1n) is 10.6. The van der Waals surface area contributed by atoms with Crippen molar-refractivity contribution < 1.29 is 14.3 Å². The molecule has 5 rings (SSSR count). The third-order valence-corrected chi connectivity index (χ3v) is 7.35. The standard InChI is InChI=1S/C25H24N2O4S/c1-13-12-19(30-2)20(21-17-10-11-32-23(17)24(28)27-22(13)21)15-8-6-14(7-9-15)16-4-3-5-18(16)31-25(26)29/h6-12,16,18H,3-5H2,1-2H3,(H2,26,29)(H,27,28). The number of nitrogens with two attached hydrogens (primary N) is 1. The maximum Gasteiger partial charge on any atom is 0.404 e. The fourth-order valence-corrected chi connectivity index (χ4v) is 5.81. The van der Waals surface area contributed by atoms with E-state index in [-0.39, 0.29) is 17.6 Å². The van der Waals surface area contributed by atoms with Crippen molar-refractivity contribution in [2.24, 2.45) is 5.73 Å². The minimum atomic E-state index is -0.719. The van der Waals surface area contributed by atoms with Crippen molar-refractivity contribution in [1.82, 2.24) is 4.98 Å². The molecule has 1 fully saturated rings. The van der Waals surface area contributed by atoms with Crippen molar-refractivity contribution in [2.45, 2.75) is 38.2 Å². The number of methoxy groups -OCH3 is 1. The van der Waals surface area contributed by atoms with E-state index in [1.54, 1.807) is 7.11 Å². The molecule has 4 aromatic rings. The van der Waals surface area contributed by atoms with E-state index in [1.807, 2.05) is 24.4 Å². The Morgan fingerprint density at radius 1 is 1.19 bits per heavy atom. The molecule has 1 amide bonds. The van der Waals surface area contributed by atoms with Crippen molar-refractivity contribution in [3.05, 3.63) is 63.3 Å². The zero-order valence-corrected chi connectivity index (χ0v) is 18.8. The van der Waals surface area contributed by atoms with Gasteiger partial charge in [0.1, 0.15) is 16.6 Å². The molecule has 0 aliphatic heterocycles. The number of H-pyrrole nitrogens is 1. The topological polar surface area (TPSA) is 94.4 Å². The van der Waals surface area contributed by atoms with Gasteiger partial charge in [-0.05, 0) is 60.4 Å². The SMILES string of the molecule is COc1cc(C)c2[nH]c(=O)c3sccc3c2c1-c1ccc(C2CCCC2OC(N)=O)cc1. The molecule has 3 N–H and O–H groups in total. The lowest BCUT2D eigenvalue weighted by Gasteiger charge is -2.20. The molecular formula is C25H24N2O4S.